The Hall–Kier alpha value is -2.16. The molecular formula is C24H29BrN2O2. The standard InChI is InChI=1S/C24H29BrN2O2/c1-15(2)12-21(24(28)27-11-10-26)29-23(19-6-8-20(25)9-7-19)22-17(4)13-16(3)14-18(22)5/h6-9,13-15,21,23H,11-12H2,1-5H3,(H,27,28)/t21-,23?/m0/s1. The fourth-order valence-corrected chi connectivity index (χ4v) is 3.88. The summed E-state index contributed by atoms with van der Waals surface area (Å²) >= 11 is 3.49. The Labute approximate surface area is 182 Å². The molecule has 0 bridgehead atoms. The van der Waals surface area contributed by atoms with E-state index < -0.39 is 6.10 Å². The molecule has 0 saturated heterocycles. The van der Waals surface area contributed by atoms with Crippen LogP contribution < -0.4 is 5.32 Å². The fraction of sp³-hybridized carbons (Fsp3) is 0.417. The Bertz CT molecular complexity index is 862. The zero-order valence-corrected chi connectivity index (χ0v) is 19.3. The SMILES string of the molecule is Cc1cc(C)c(C(O[C@@H](CC(C)C)C(=O)NCC#N)c2ccc(Br)cc2)c(C)c1. The molecular weight excluding hydrogens is 428 g/mol. The van der Waals surface area contributed by atoms with Crippen molar-refractivity contribution in [2.75, 3.05) is 6.54 Å². The van der Waals surface area contributed by atoms with Crippen molar-refractivity contribution in [3.8, 4) is 6.07 Å². The number of amides is 1. The lowest BCUT2D eigenvalue weighted by molar-refractivity contribution is -0.136. The number of ether oxygens (including phenoxy) is 1. The van der Waals surface area contributed by atoms with Gasteiger partial charge >= 0.3 is 0 Å². The number of carbonyl (C=O) groups is 1. The van der Waals surface area contributed by atoms with Crippen LogP contribution in [0.5, 0.6) is 0 Å². The van der Waals surface area contributed by atoms with Crippen LogP contribution in [-0.4, -0.2) is 18.6 Å². The molecule has 2 rings (SSSR count). The third-order valence-corrected chi connectivity index (χ3v) is 5.32. The molecule has 0 fully saturated rings. The summed E-state index contributed by atoms with van der Waals surface area (Å²) in [6, 6.07) is 14.3. The molecule has 0 aliphatic carbocycles. The summed E-state index contributed by atoms with van der Waals surface area (Å²) in [7, 11) is 0. The van der Waals surface area contributed by atoms with Crippen LogP contribution in [0, 0.1) is 38.0 Å². The Morgan fingerprint density at radius 3 is 2.24 bits per heavy atom. The van der Waals surface area contributed by atoms with Gasteiger partial charge < -0.3 is 10.1 Å². The van der Waals surface area contributed by atoms with Crippen LogP contribution in [0.25, 0.3) is 0 Å². The zero-order valence-electron chi connectivity index (χ0n) is 17.8. The van der Waals surface area contributed by atoms with Gasteiger partial charge in [0.05, 0.1) is 6.07 Å². The number of nitrogens with zero attached hydrogens (tertiary/aromatic N) is 1. The highest BCUT2D eigenvalue weighted by Crippen LogP contribution is 2.34. The van der Waals surface area contributed by atoms with Gasteiger partial charge in [0.25, 0.3) is 0 Å². The number of benzene rings is 2. The Morgan fingerprint density at radius 1 is 1.14 bits per heavy atom. The predicted molar refractivity (Wildman–Crippen MR) is 120 cm³/mol. The number of nitrogens with one attached hydrogen (secondary N) is 1. The number of halogens is 1. The molecule has 0 radical (unpaired) electrons. The predicted octanol–water partition coefficient (Wildman–Crippen LogP) is 5.53. The van der Waals surface area contributed by atoms with Gasteiger partial charge in [0.1, 0.15) is 18.8 Å². The minimum absolute atomic E-state index is 0.0255. The maximum Gasteiger partial charge on any atom is 0.250 e. The van der Waals surface area contributed by atoms with Gasteiger partial charge in [-0.25, -0.2) is 0 Å². The van der Waals surface area contributed by atoms with E-state index in [-0.39, 0.29) is 24.5 Å². The molecule has 0 spiro atoms. The van der Waals surface area contributed by atoms with Gasteiger partial charge in [0.15, 0.2) is 0 Å². The van der Waals surface area contributed by atoms with Crippen molar-refractivity contribution < 1.29 is 9.53 Å². The Kier molecular flexibility index (Phi) is 8.43. The van der Waals surface area contributed by atoms with Crippen molar-refractivity contribution in [2.24, 2.45) is 5.92 Å². The van der Waals surface area contributed by atoms with E-state index in [1.165, 1.54) is 5.56 Å². The summed E-state index contributed by atoms with van der Waals surface area (Å²) in [6.45, 7) is 10.3. The lowest BCUT2D eigenvalue weighted by Gasteiger charge is -2.28. The summed E-state index contributed by atoms with van der Waals surface area (Å²) in [6.07, 6.45) is -0.439. The monoisotopic (exact) mass is 456 g/mol. The second-order valence-corrected chi connectivity index (χ2v) is 8.79. The molecule has 1 unspecified atom stereocenters. The molecule has 5 heteroatoms. The first-order valence-electron chi connectivity index (χ1n) is 9.86. The first kappa shape index (κ1) is 23.1. The largest absolute Gasteiger partial charge is 0.356 e. The fourth-order valence-electron chi connectivity index (χ4n) is 3.61. The van der Waals surface area contributed by atoms with Crippen molar-refractivity contribution in [3.05, 3.63) is 68.7 Å². The molecule has 4 nitrogen and oxygen atoms in total. The molecule has 0 heterocycles. The molecule has 0 saturated carbocycles. The van der Waals surface area contributed by atoms with Crippen LogP contribution in [0.1, 0.15) is 54.2 Å². The zero-order chi connectivity index (χ0) is 21.6. The van der Waals surface area contributed by atoms with E-state index in [1.54, 1.807) is 0 Å². The van der Waals surface area contributed by atoms with Crippen LogP contribution in [-0.2, 0) is 9.53 Å². The average Bonchev–Trinajstić information content (AvgIpc) is 2.64. The molecule has 154 valence electrons. The van der Waals surface area contributed by atoms with E-state index in [0.717, 1.165) is 26.7 Å². The first-order valence-corrected chi connectivity index (χ1v) is 10.7. The maximum absolute atomic E-state index is 12.7. The number of rotatable bonds is 8. The molecule has 2 atom stereocenters. The number of nitriles is 1. The summed E-state index contributed by atoms with van der Waals surface area (Å²) in [5, 5.41) is 11.5. The van der Waals surface area contributed by atoms with Gasteiger partial charge in [0, 0.05) is 4.47 Å². The topological polar surface area (TPSA) is 62.1 Å². The minimum Gasteiger partial charge on any atom is -0.356 e. The van der Waals surface area contributed by atoms with Crippen molar-refractivity contribution in [2.45, 2.75) is 53.2 Å². The van der Waals surface area contributed by atoms with E-state index >= 15 is 0 Å². The number of carbonyl (C=O) groups excluding carboxylic acids is 1. The van der Waals surface area contributed by atoms with Gasteiger partial charge in [-0.05, 0) is 67.5 Å². The quantitative estimate of drug-likeness (QED) is 0.530. The Morgan fingerprint density at radius 2 is 1.72 bits per heavy atom. The highest BCUT2D eigenvalue weighted by atomic mass is 79.9. The van der Waals surface area contributed by atoms with E-state index in [0.29, 0.717) is 6.42 Å². The smallest absolute Gasteiger partial charge is 0.250 e. The average molecular weight is 457 g/mol. The molecule has 0 aliphatic rings. The highest BCUT2D eigenvalue weighted by molar-refractivity contribution is 9.10. The maximum atomic E-state index is 12.7. The van der Waals surface area contributed by atoms with Crippen LogP contribution in [0.3, 0.4) is 0 Å². The number of hydrogen-bond acceptors (Lipinski definition) is 3. The normalized spacial score (nSPS) is 13.0. The van der Waals surface area contributed by atoms with E-state index in [1.807, 2.05) is 30.3 Å². The summed E-state index contributed by atoms with van der Waals surface area (Å²) in [5.41, 5.74) is 5.54. The van der Waals surface area contributed by atoms with Crippen molar-refractivity contribution >= 4 is 21.8 Å². The molecule has 0 aliphatic heterocycles. The van der Waals surface area contributed by atoms with Gasteiger partial charge in [-0.1, -0.05) is 59.6 Å². The van der Waals surface area contributed by atoms with Gasteiger partial charge in [0.2, 0.25) is 5.91 Å². The highest BCUT2D eigenvalue weighted by Gasteiger charge is 2.28. The van der Waals surface area contributed by atoms with Crippen molar-refractivity contribution in [1.82, 2.24) is 5.32 Å². The van der Waals surface area contributed by atoms with Gasteiger partial charge in [-0.3, -0.25) is 4.79 Å². The van der Waals surface area contributed by atoms with Gasteiger partial charge in [-0.15, -0.1) is 0 Å². The van der Waals surface area contributed by atoms with Crippen molar-refractivity contribution in [3.63, 3.8) is 0 Å². The third-order valence-electron chi connectivity index (χ3n) is 4.79. The van der Waals surface area contributed by atoms with E-state index in [9.17, 15) is 4.79 Å². The van der Waals surface area contributed by atoms with Crippen LogP contribution in [0.2, 0.25) is 0 Å². The summed E-state index contributed by atoms with van der Waals surface area (Å²) in [5.74, 6) is 0.0309. The lowest BCUT2D eigenvalue weighted by atomic mass is 9.91. The molecule has 1 N–H and O–H groups in total. The third kappa shape index (κ3) is 6.42. The molecule has 2 aromatic rings. The number of hydrogen-bond donors (Lipinski definition) is 1. The minimum atomic E-state index is -0.642. The van der Waals surface area contributed by atoms with Gasteiger partial charge in [-0.2, -0.15) is 5.26 Å². The van der Waals surface area contributed by atoms with E-state index in [4.69, 9.17) is 10.00 Å². The molecule has 2 aromatic carbocycles. The lowest BCUT2D eigenvalue weighted by Crippen LogP contribution is -2.38. The summed E-state index contributed by atoms with van der Waals surface area (Å²) in [4.78, 5) is 12.7. The summed E-state index contributed by atoms with van der Waals surface area (Å²) < 4.78 is 7.49. The molecule has 29 heavy (non-hydrogen) atoms. The first-order chi connectivity index (χ1) is 13.7. The number of aryl methyl sites for hydroxylation is 3. The van der Waals surface area contributed by atoms with Crippen LogP contribution in [0.15, 0.2) is 40.9 Å². The Balaban J connectivity index is 2.50. The van der Waals surface area contributed by atoms with E-state index in [2.05, 4.69) is 68.0 Å². The molecule has 0 aromatic heterocycles. The van der Waals surface area contributed by atoms with Crippen LogP contribution >= 0.6 is 15.9 Å². The second kappa shape index (κ2) is 10.6. The van der Waals surface area contributed by atoms with Crippen molar-refractivity contribution in [1.29, 1.82) is 5.26 Å². The second-order valence-electron chi connectivity index (χ2n) is 7.87. The van der Waals surface area contributed by atoms with Crippen LogP contribution in [0.4, 0.5) is 0 Å². The molecule has 1 amide bonds.